The molecule has 0 aliphatic rings. The third-order valence-corrected chi connectivity index (χ3v) is 2.93. The van der Waals surface area contributed by atoms with E-state index in [-0.39, 0.29) is 42.4 Å². The number of nitrogens with two attached hydrogens (primary N) is 1. The second kappa shape index (κ2) is 18.0. The molecule has 0 aromatic heterocycles. The Bertz CT molecular complexity index is 632. The highest BCUT2D eigenvalue weighted by molar-refractivity contribution is 6.45. The van der Waals surface area contributed by atoms with Crippen LogP contribution in [-0.4, -0.2) is 42.1 Å². The molecule has 0 heterocycles. The van der Waals surface area contributed by atoms with Gasteiger partial charge >= 0.3 is 7.05 Å². The average molecular weight is 434 g/mol. The number of benzene rings is 2. The molecule has 2 aromatic carbocycles. The molecular formula is C18H24BCl3N2O3. The Hall–Kier alpha value is -1.41. The minimum absolute atomic E-state index is 0. The molecule has 2 rings (SSSR count). The van der Waals surface area contributed by atoms with Crippen LogP contribution in [-0.2, 0) is 0 Å². The minimum atomic E-state index is -0.646. The van der Waals surface area contributed by atoms with Crippen LogP contribution in [0.2, 0.25) is 6.82 Å². The average Bonchev–Trinajstić information content (AvgIpc) is 2.68. The Balaban J connectivity index is 0. The van der Waals surface area contributed by atoms with Crippen LogP contribution in [0.5, 0.6) is 0 Å². The van der Waals surface area contributed by atoms with Gasteiger partial charge in [-0.1, -0.05) is 60.7 Å². The predicted octanol–water partition coefficient (Wildman–Crippen LogP) is 3.24. The molecule has 2 aromatic rings. The van der Waals surface area contributed by atoms with Gasteiger partial charge in [0, 0.05) is 11.1 Å². The molecular weight excluding hydrogens is 409 g/mol. The van der Waals surface area contributed by atoms with Crippen molar-refractivity contribution in [2.75, 3.05) is 18.4 Å². The first-order valence-corrected chi connectivity index (χ1v) is 8.93. The fraction of sp³-hybridized carbons (Fsp3) is 0.222. The van der Waals surface area contributed by atoms with Crippen LogP contribution < -0.4 is 11.0 Å². The molecule has 148 valence electrons. The zero-order valence-corrected chi connectivity index (χ0v) is 17.3. The van der Waals surface area contributed by atoms with Crippen LogP contribution in [0.25, 0.3) is 0 Å². The van der Waals surface area contributed by atoms with E-state index >= 15 is 0 Å². The summed E-state index contributed by atoms with van der Waals surface area (Å²) in [6, 6.07) is 18.0. The van der Waals surface area contributed by atoms with Gasteiger partial charge in [-0.05, 0) is 6.82 Å². The highest BCUT2D eigenvalue weighted by atomic mass is 35.5. The van der Waals surface area contributed by atoms with E-state index in [0.29, 0.717) is 11.1 Å². The molecule has 0 unspecified atom stereocenters. The first kappa shape index (κ1) is 27.8. The molecule has 0 bridgehead atoms. The van der Waals surface area contributed by atoms with Crippen molar-refractivity contribution < 1.29 is 14.6 Å². The number of carbonyl (C=O) groups excluding carboxylic acids is 2. The zero-order chi connectivity index (χ0) is 19.8. The molecule has 0 aliphatic heterocycles. The van der Waals surface area contributed by atoms with Crippen molar-refractivity contribution in [1.29, 1.82) is 0 Å². The van der Waals surface area contributed by atoms with Gasteiger partial charge in [0.05, 0.1) is 18.4 Å². The van der Waals surface area contributed by atoms with Crippen LogP contribution in [0.15, 0.2) is 60.7 Å². The van der Waals surface area contributed by atoms with E-state index in [9.17, 15) is 9.59 Å². The standard InChI is InChI=1S/C9H12BNO2.C8H9NO.CH2Cl2.ClH/c1-10(13)11-7-9(12)8-5-3-2-4-6-8;9-6-8(10)7-4-2-1-3-5-7;2-1-3;/h2-6,11,13H,7H2,1H3;1-5H,6,9H2;1H2;1H. The summed E-state index contributed by atoms with van der Waals surface area (Å²) in [5.41, 5.74) is 6.50. The molecule has 0 radical (unpaired) electrons. The largest absolute Gasteiger partial charge is 0.437 e. The number of hydrogen-bond acceptors (Lipinski definition) is 5. The van der Waals surface area contributed by atoms with Crippen LogP contribution in [0.4, 0.5) is 0 Å². The molecule has 0 fully saturated rings. The first-order chi connectivity index (χ1) is 12.5. The third-order valence-electron chi connectivity index (χ3n) is 2.93. The van der Waals surface area contributed by atoms with Crippen LogP contribution in [0, 0.1) is 0 Å². The van der Waals surface area contributed by atoms with Gasteiger partial charge in [0.15, 0.2) is 11.6 Å². The van der Waals surface area contributed by atoms with Gasteiger partial charge in [-0.3, -0.25) is 9.59 Å². The van der Waals surface area contributed by atoms with Crippen molar-refractivity contribution in [1.82, 2.24) is 5.23 Å². The lowest BCUT2D eigenvalue weighted by molar-refractivity contribution is 0.0990. The molecule has 9 heteroatoms. The smallest absolute Gasteiger partial charge is 0.373 e. The summed E-state index contributed by atoms with van der Waals surface area (Å²) in [4.78, 5) is 22.3. The Morgan fingerprint density at radius 2 is 1.33 bits per heavy atom. The van der Waals surface area contributed by atoms with Crippen LogP contribution in [0.1, 0.15) is 20.7 Å². The number of alkyl halides is 2. The lowest BCUT2D eigenvalue weighted by Crippen LogP contribution is -2.35. The molecule has 4 N–H and O–H groups in total. The predicted molar refractivity (Wildman–Crippen MR) is 116 cm³/mol. The number of Topliss-reactive ketones (excluding diaryl/α,β-unsaturated/α-hetero) is 2. The Labute approximate surface area is 176 Å². The first-order valence-electron chi connectivity index (χ1n) is 7.86. The lowest BCUT2D eigenvalue weighted by Gasteiger charge is -2.02. The highest BCUT2D eigenvalue weighted by Crippen LogP contribution is 1.99. The topological polar surface area (TPSA) is 92.4 Å². The molecule has 5 nitrogen and oxygen atoms in total. The van der Waals surface area contributed by atoms with E-state index in [1.807, 2.05) is 36.4 Å². The van der Waals surface area contributed by atoms with Crippen molar-refractivity contribution in [3.05, 3.63) is 71.8 Å². The van der Waals surface area contributed by atoms with Crippen molar-refractivity contribution in [2.24, 2.45) is 5.73 Å². The second-order valence-electron chi connectivity index (χ2n) is 4.94. The summed E-state index contributed by atoms with van der Waals surface area (Å²) in [5, 5.41) is 11.7. The molecule has 0 spiro atoms. The molecule has 0 saturated heterocycles. The maximum absolute atomic E-state index is 11.4. The van der Waals surface area contributed by atoms with Crippen LogP contribution in [0.3, 0.4) is 0 Å². The monoisotopic (exact) mass is 432 g/mol. The summed E-state index contributed by atoms with van der Waals surface area (Å²) < 4.78 is 0. The molecule has 0 atom stereocenters. The summed E-state index contributed by atoms with van der Waals surface area (Å²) >= 11 is 9.53. The van der Waals surface area contributed by atoms with Gasteiger partial charge in [0.2, 0.25) is 0 Å². The molecule has 0 aliphatic carbocycles. The quantitative estimate of drug-likeness (QED) is 0.370. The molecule has 0 saturated carbocycles. The van der Waals surface area contributed by atoms with Gasteiger partial charge in [-0.2, -0.15) is 0 Å². The maximum atomic E-state index is 11.4. The normalized spacial score (nSPS) is 8.78. The van der Waals surface area contributed by atoms with Crippen molar-refractivity contribution in [3.63, 3.8) is 0 Å². The Morgan fingerprint density at radius 3 is 1.67 bits per heavy atom. The number of nitrogens with one attached hydrogen (secondary N) is 1. The number of halogens is 3. The zero-order valence-electron chi connectivity index (χ0n) is 15.0. The van der Waals surface area contributed by atoms with E-state index in [1.165, 1.54) is 0 Å². The van der Waals surface area contributed by atoms with Gasteiger partial charge in [-0.25, -0.2) is 0 Å². The molecule has 0 amide bonds. The Kier molecular flexibility index (Phi) is 18.5. The van der Waals surface area contributed by atoms with Crippen molar-refractivity contribution in [2.45, 2.75) is 6.82 Å². The van der Waals surface area contributed by atoms with E-state index in [2.05, 4.69) is 5.23 Å². The number of ketones is 2. The minimum Gasteiger partial charge on any atom is -0.437 e. The summed E-state index contributed by atoms with van der Waals surface area (Å²) in [6.07, 6.45) is 0. The fourth-order valence-corrected chi connectivity index (χ4v) is 1.71. The van der Waals surface area contributed by atoms with E-state index in [0.717, 1.165) is 0 Å². The van der Waals surface area contributed by atoms with Crippen molar-refractivity contribution >= 4 is 54.2 Å². The third kappa shape index (κ3) is 14.3. The van der Waals surface area contributed by atoms with E-state index in [1.54, 1.807) is 31.1 Å². The van der Waals surface area contributed by atoms with E-state index in [4.69, 9.17) is 34.0 Å². The Morgan fingerprint density at radius 1 is 0.963 bits per heavy atom. The molecule has 27 heavy (non-hydrogen) atoms. The number of carbonyl (C=O) groups is 2. The lowest BCUT2D eigenvalue weighted by atomic mass is 9.88. The maximum Gasteiger partial charge on any atom is 0.373 e. The van der Waals surface area contributed by atoms with E-state index < -0.39 is 7.05 Å². The SMILES string of the molecule is CB(O)NCC(=O)c1ccccc1.Cl.ClCCl.NCC(=O)c1ccccc1. The van der Waals surface area contributed by atoms with Gasteiger partial charge in [0.1, 0.15) is 0 Å². The van der Waals surface area contributed by atoms with Gasteiger partial charge in [-0.15, -0.1) is 35.6 Å². The van der Waals surface area contributed by atoms with Gasteiger partial charge < -0.3 is 16.0 Å². The summed E-state index contributed by atoms with van der Waals surface area (Å²) in [5.74, 6) is -0.0258. The summed E-state index contributed by atoms with van der Waals surface area (Å²) in [7, 11) is -0.646. The fourth-order valence-electron chi connectivity index (χ4n) is 1.71. The number of hydrogen-bond donors (Lipinski definition) is 3. The highest BCUT2D eigenvalue weighted by Gasteiger charge is 2.07. The van der Waals surface area contributed by atoms with Crippen molar-refractivity contribution in [3.8, 4) is 0 Å². The second-order valence-corrected chi connectivity index (χ2v) is 5.75. The number of rotatable bonds is 6. The summed E-state index contributed by atoms with van der Waals surface area (Å²) in [6.45, 7) is 1.84. The van der Waals surface area contributed by atoms with Crippen LogP contribution >= 0.6 is 35.6 Å². The van der Waals surface area contributed by atoms with Gasteiger partial charge in [0.25, 0.3) is 0 Å².